The van der Waals surface area contributed by atoms with E-state index in [2.05, 4.69) is 15.9 Å². The van der Waals surface area contributed by atoms with E-state index in [-0.39, 0.29) is 37.2 Å². The molecule has 0 atom stereocenters. The van der Waals surface area contributed by atoms with Crippen LogP contribution in [-0.4, -0.2) is 48.9 Å². The second-order valence-electron chi connectivity index (χ2n) is 4.70. The maximum atomic E-state index is 12.8. The van der Waals surface area contributed by atoms with Crippen LogP contribution in [0.1, 0.15) is 12.8 Å². The molecule has 21 heavy (non-hydrogen) atoms. The Morgan fingerprint density at radius 3 is 2.10 bits per heavy atom. The lowest BCUT2D eigenvalue weighted by atomic mass is 9.77. The molecule has 1 fully saturated rings. The summed E-state index contributed by atoms with van der Waals surface area (Å²) in [6, 6.07) is 0. The minimum absolute atomic E-state index is 0.0848. The molecule has 1 rings (SSSR count). The number of halogens is 6. The van der Waals surface area contributed by atoms with Crippen molar-refractivity contribution in [2.45, 2.75) is 24.9 Å². The van der Waals surface area contributed by atoms with Gasteiger partial charge < -0.3 is 10.1 Å². The number of carbonyl (C=O) groups is 2. The number of carbonyl (C=O) groups excluding carboxylic acids is 2. The molecule has 4 nitrogen and oxygen atoms in total. The normalized spacial score (nSPS) is 19.1. The zero-order valence-corrected chi connectivity index (χ0v) is 12.3. The van der Waals surface area contributed by atoms with E-state index in [4.69, 9.17) is 4.74 Å². The summed E-state index contributed by atoms with van der Waals surface area (Å²) in [6.07, 6.45) is -5.68. The predicted octanol–water partition coefficient (Wildman–Crippen LogP) is 2.06. The van der Waals surface area contributed by atoms with Gasteiger partial charge in [0, 0.05) is 19.8 Å². The van der Waals surface area contributed by atoms with Gasteiger partial charge in [-0.3, -0.25) is 9.59 Å². The highest BCUT2D eigenvalue weighted by atomic mass is 79.9. The Morgan fingerprint density at radius 1 is 1.14 bits per heavy atom. The molecule has 1 aliphatic heterocycles. The fourth-order valence-corrected chi connectivity index (χ4v) is 2.54. The standard InChI is InChI=1S/C11H13BrF5NO3/c12-5-7(19)9(1-3-21-4-2-9)6-18-8(20)10(13,14)11(15,16)17/h1-6H2,(H,18,20). The van der Waals surface area contributed by atoms with Crippen molar-refractivity contribution < 1.29 is 36.3 Å². The first-order valence-electron chi connectivity index (χ1n) is 5.97. The molecule has 1 aliphatic rings. The molecule has 0 spiro atoms. The molecule has 0 aliphatic carbocycles. The Kier molecular flexibility index (Phi) is 5.70. The minimum Gasteiger partial charge on any atom is -0.381 e. The number of amides is 1. The fraction of sp³-hybridized carbons (Fsp3) is 0.818. The van der Waals surface area contributed by atoms with Gasteiger partial charge in [0.05, 0.1) is 10.7 Å². The SMILES string of the molecule is O=C(CBr)C1(CNC(=O)C(F)(F)C(F)(F)F)CCOCC1. The highest BCUT2D eigenvalue weighted by Gasteiger charge is 2.63. The van der Waals surface area contributed by atoms with Gasteiger partial charge in [0.2, 0.25) is 0 Å². The largest absolute Gasteiger partial charge is 0.463 e. The van der Waals surface area contributed by atoms with Crippen LogP contribution >= 0.6 is 15.9 Å². The third-order valence-electron chi connectivity index (χ3n) is 3.39. The van der Waals surface area contributed by atoms with Gasteiger partial charge in [-0.2, -0.15) is 22.0 Å². The third-order valence-corrected chi connectivity index (χ3v) is 3.90. The molecular formula is C11H13BrF5NO3. The van der Waals surface area contributed by atoms with Gasteiger partial charge in [0.15, 0.2) is 5.78 Å². The molecule has 1 N–H and O–H groups in total. The van der Waals surface area contributed by atoms with Gasteiger partial charge in [0.1, 0.15) is 0 Å². The molecule has 1 saturated heterocycles. The van der Waals surface area contributed by atoms with Gasteiger partial charge in [-0.15, -0.1) is 0 Å². The van der Waals surface area contributed by atoms with Gasteiger partial charge in [-0.1, -0.05) is 15.9 Å². The van der Waals surface area contributed by atoms with Crippen molar-refractivity contribution in [2.75, 3.05) is 25.1 Å². The molecule has 0 aromatic rings. The van der Waals surface area contributed by atoms with E-state index >= 15 is 0 Å². The Labute approximate surface area is 125 Å². The number of nitrogens with one attached hydrogen (secondary N) is 1. The molecule has 1 amide bonds. The van der Waals surface area contributed by atoms with Gasteiger partial charge >= 0.3 is 12.1 Å². The maximum absolute atomic E-state index is 12.8. The van der Waals surface area contributed by atoms with E-state index in [1.807, 2.05) is 0 Å². The highest BCUT2D eigenvalue weighted by Crippen LogP contribution is 2.36. The number of ketones is 1. The zero-order chi connectivity index (χ0) is 16.3. The van der Waals surface area contributed by atoms with Crippen LogP contribution in [0.4, 0.5) is 22.0 Å². The van der Waals surface area contributed by atoms with E-state index in [1.165, 1.54) is 0 Å². The summed E-state index contributed by atoms with van der Waals surface area (Å²) in [5.74, 6) is -8.32. The van der Waals surface area contributed by atoms with E-state index in [1.54, 1.807) is 5.32 Å². The number of Topliss-reactive ketones (excluding diaryl/α,β-unsaturated/α-hetero) is 1. The summed E-state index contributed by atoms with van der Waals surface area (Å²) < 4.78 is 66.9. The summed E-state index contributed by atoms with van der Waals surface area (Å²) in [6.45, 7) is -0.236. The van der Waals surface area contributed by atoms with Crippen molar-refractivity contribution in [3.05, 3.63) is 0 Å². The first-order chi connectivity index (χ1) is 9.57. The van der Waals surface area contributed by atoms with Crippen molar-refractivity contribution in [3.63, 3.8) is 0 Å². The molecule has 0 aromatic heterocycles. The number of ether oxygens (including phenoxy) is 1. The lowest BCUT2D eigenvalue weighted by Crippen LogP contribution is -2.54. The van der Waals surface area contributed by atoms with Crippen molar-refractivity contribution in [1.82, 2.24) is 5.32 Å². The summed E-state index contributed by atoms with van der Waals surface area (Å²) in [4.78, 5) is 23.0. The van der Waals surface area contributed by atoms with Crippen LogP contribution in [0.15, 0.2) is 0 Å². The highest BCUT2D eigenvalue weighted by molar-refractivity contribution is 9.09. The number of alkyl halides is 6. The van der Waals surface area contributed by atoms with Crippen LogP contribution in [0.2, 0.25) is 0 Å². The van der Waals surface area contributed by atoms with Gasteiger partial charge in [-0.05, 0) is 12.8 Å². The molecule has 10 heteroatoms. The summed E-state index contributed by atoms with van der Waals surface area (Å²) >= 11 is 2.93. The van der Waals surface area contributed by atoms with Crippen LogP contribution in [0, 0.1) is 5.41 Å². The number of hydrogen-bond donors (Lipinski definition) is 1. The molecular weight excluding hydrogens is 369 g/mol. The second-order valence-corrected chi connectivity index (χ2v) is 5.27. The maximum Gasteiger partial charge on any atom is 0.463 e. The summed E-state index contributed by atoms with van der Waals surface area (Å²) in [5, 5.41) is 1.46. The second kappa shape index (κ2) is 6.55. The number of hydrogen-bond acceptors (Lipinski definition) is 3. The van der Waals surface area contributed by atoms with Crippen LogP contribution in [-0.2, 0) is 14.3 Å². The van der Waals surface area contributed by atoms with Crippen LogP contribution < -0.4 is 5.32 Å². The van der Waals surface area contributed by atoms with Crippen molar-refractivity contribution in [3.8, 4) is 0 Å². The quantitative estimate of drug-likeness (QED) is 0.585. The molecule has 122 valence electrons. The Hall–Kier alpha value is -0.770. The molecule has 0 aromatic carbocycles. The van der Waals surface area contributed by atoms with E-state index < -0.39 is 30.0 Å². The van der Waals surface area contributed by atoms with Crippen LogP contribution in [0.25, 0.3) is 0 Å². The van der Waals surface area contributed by atoms with Gasteiger partial charge in [0.25, 0.3) is 5.91 Å². The summed E-state index contributed by atoms with van der Waals surface area (Å²) in [5.41, 5.74) is -1.18. The van der Waals surface area contributed by atoms with Crippen LogP contribution in [0.3, 0.4) is 0 Å². The average Bonchev–Trinajstić information content (AvgIpc) is 2.43. The topological polar surface area (TPSA) is 55.4 Å². The zero-order valence-electron chi connectivity index (χ0n) is 10.7. The van der Waals surface area contributed by atoms with Crippen LogP contribution in [0.5, 0.6) is 0 Å². The first kappa shape index (κ1) is 18.3. The lowest BCUT2D eigenvalue weighted by Gasteiger charge is -2.35. The predicted molar refractivity (Wildman–Crippen MR) is 65.3 cm³/mol. The Balaban J connectivity index is 2.78. The van der Waals surface area contributed by atoms with Crippen molar-refractivity contribution >= 4 is 27.6 Å². The van der Waals surface area contributed by atoms with E-state index in [0.29, 0.717) is 0 Å². The smallest absolute Gasteiger partial charge is 0.381 e. The molecule has 0 unspecified atom stereocenters. The molecule has 0 bridgehead atoms. The third kappa shape index (κ3) is 3.91. The lowest BCUT2D eigenvalue weighted by molar-refractivity contribution is -0.269. The monoisotopic (exact) mass is 381 g/mol. The number of rotatable bonds is 5. The van der Waals surface area contributed by atoms with Gasteiger partial charge in [-0.25, -0.2) is 0 Å². The summed E-state index contributed by atoms with van der Waals surface area (Å²) in [7, 11) is 0. The van der Waals surface area contributed by atoms with E-state index in [0.717, 1.165) is 0 Å². The first-order valence-corrected chi connectivity index (χ1v) is 7.09. The molecule has 0 radical (unpaired) electrons. The van der Waals surface area contributed by atoms with E-state index in [9.17, 15) is 31.5 Å². The minimum atomic E-state index is -5.97. The fourth-order valence-electron chi connectivity index (χ4n) is 1.95. The Bertz CT molecular complexity index is 407. The van der Waals surface area contributed by atoms with Crippen molar-refractivity contribution in [1.29, 1.82) is 0 Å². The average molecular weight is 382 g/mol. The Morgan fingerprint density at radius 2 is 1.67 bits per heavy atom. The molecule has 0 saturated carbocycles. The van der Waals surface area contributed by atoms with Crippen molar-refractivity contribution in [2.24, 2.45) is 5.41 Å². The molecule has 1 heterocycles.